The van der Waals surface area contributed by atoms with E-state index in [0.29, 0.717) is 17.5 Å². The summed E-state index contributed by atoms with van der Waals surface area (Å²) in [6.07, 6.45) is -1.16. The van der Waals surface area contributed by atoms with E-state index in [4.69, 9.17) is 23.8 Å². The second kappa shape index (κ2) is 19.1. The Balaban J connectivity index is 1.10. The highest BCUT2D eigenvalue weighted by molar-refractivity contribution is 5.96. The number of phenolic OH excluding ortho intramolecular Hbond substituents is 1. The molecule has 3 saturated heterocycles. The first-order valence-corrected chi connectivity index (χ1v) is 22.4. The Bertz CT molecular complexity index is 2370. The number of allylic oxidation sites excluding steroid dienone is 1. The predicted octanol–water partition coefficient (Wildman–Crippen LogP) is 4.60. The van der Waals surface area contributed by atoms with Gasteiger partial charge >= 0.3 is 11.9 Å². The van der Waals surface area contributed by atoms with Crippen molar-refractivity contribution in [1.82, 2.24) is 15.7 Å². The predicted molar refractivity (Wildman–Crippen MR) is 240 cm³/mol. The Kier molecular flexibility index (Phi) is 13.5. The Morgan fingerprint density at radius 2 is 1.53 bits per heavy atom. The molecule has 15 nitrogen and oxygen atoms in total. The van der Waals surface area contributed by atoms with E-state index in [9.17, 15) is 29.7 Å². The van der Waals surface area contributed by atoms with E-state index < -0.39 is 95.8 Å². The molecule has 1 aliphatic carbocycles. The van der Waals surface area contributed by atoms with Gasteiger partial charge in [0.1, 0.15) is 47.2 Å². The lowest BCUT2D eigenvalue weighted by molar-refractivity contribution is -0.213. The van der Waals surface area contributed by atoms with Crippen molar-refractivity contribution in [1.29, 1.82) is 0 Å². The molecular formula is C51H57N3O12. The molecule has 2 amide bonds. The minimum Gasteiger partial charge on any atom is -0.508 e. The minimum absolute atomic E-state index is 0.0303. The lowest BCUT2D eigenvalue weighted by Crippen LogP contribution is -2.71. The number of aliphatic hydroxyl groups is 2. The fraction of sp³-hybridized carbons (Fsp3) is 0.412. The number of fused-ring (bicyclic) bond motifs is 4. The average Bonchev–Trinajstić information content (AvgIpc) is 3.88. The molecule has 348 valence electrons. The number of carbonyl (C=O) groups is 4. The third-order valence-electron chi connectivity index (χ3n) is 12.6. The van der Waals surface area contributed by atoms with Crippen molar-refractivity contribution in [2.75, 3.05) is 6.61 Å². The van der Waals surface area contributed by atoms with Gasteiger partial charge in [-0.1, -0.05) is 115 Å². The van der Waals surface area contributed by atoms with Crippen LogP contribution < -0.4 is 10.6 Å². The standard InChI is InChI=1S/C51H57N3O12/c1-31(56)41(46(59)52-37(30-55)26-27-40(58)63-49(2,3)4)53-48(61)50-28-39-42-43(65-51(64-42,35-17-7-5-8-18-35)36-19-9-6-10-20-36)45(50)66-54(44(50)47(60)62-39)29-33-24-22-32(23-25-33)14-13-16-34-15-11-12-21-38(34)57/h5-15,17-25,31,37,39,41-45,55-57H,16,26-30H2,1-4H3,(H,52,59)(H,53,61)/t31-,37-,39+,41+,42-,43-,44-,45+,50-/m0/s1. The van der Waals surface area contributed by atoms with Crippen LogP contribution in [0.4, 0.5) is 0 Å². The van der Waals surface area contributed by atoms with Gasteiger partial charge in [-0.05, 0) is 63.3 Å². The Morgan fingerprint density at radius 1 is 0.894 bits per heavy atom. The molecule has 9 atom stereocenters. The molecule has 8 rings (SSSR count). The summed E-state index contributed by atoms with van der Waals surface area (Å²) in [5, 5.41) is 38.3. The van der Waals surface area contributed by atoms with Crippen molar-refractivity contribution in [3.05, 3.63) is 143 Å². The number of nitrogens with zero attached hydrogens (tertiary/aromatic N) is 1. The molecule has 4 fully saturated rings. The second-order valence-electron chi connectivity index (χ2n) is 18.4. The number of amides is 2. The second-order valence-corrected chi connectivity index (χ2v) is 18.4. The Hall–Kier alpha value is -5.94. The molecule has 0 aromatic heterocycles. The van der Waals surface area contributed by atoms with Crippen LogP contribution in [-0.4, -0.2) is 105 Å². The fourth-order valence-corrected chi connectivity index (χ4v) is 9.47. The highest BCUT2D eigenvalue weighted by atomic mass is 16.8. The summed E-state index contributed by atoms with van der Waals surface area (Å²) in [4.78, 5) is 62.9. The summed E-state index contributed by atoms with van der Waals surface area (Å²) in [5.41, 5.74) is 1.34. The molecule has 15 heteroatoms. The number of hydrogen-bond acceptors (Lipinski definition) is 13. The SMILES string of the molecule is C[C@H](O)[C@@H](NC(=O)[C@@]12C[C@H]3OC(=O)[C@@H]1N(Cc1ccc(C=CCc4ccccc4O)cc1)O[C@@H]2[C@H]1OC(c2ccccc2)(c2ccccc2)O[C@H]13)C(=O)N[C@H](CO)CCC(=O)OC(C)(C)C. The van der Waals surface area contributed by atoms with E-state index in [0.717, 1.165) is 16.7 Å². The summed E-state index contributed by atoms with van der Waals surface area (Å²) >= 11 is 0. The number of benzene rings is 4. The van der Waals surface area contributed by atoms with Crippen LogP contribution in [0.15, 0.2) is 115 Å². The first-order valence-electron chi connectivity index (χ1n) is 22.4. The molecule has 4 aliphatic rings. The molecule has 5 N–H and O–H groups in total. The Morgan fingerprint density at radius 3 is 2.15 bits per heavy atom. The molecule has 0 spiro atoms. The van der Waals surface area contributed by atoms with Gasteiger partial charge in [-0.2, -0.15) is 5.06 Å². The van der Waals surface area contributed by atoms with Gasteiger partial charge in [-0.25, -0.2) is 0 Å². The zero-order valence-corrected chi connectivity index (χ0v) is 37.4. The minimum atomic E-state index is -1.72. The van der Waals surface area contributed by atoms with E-state index in [1.807, 2.05) is 109 Å². The lowest BCUT2D eigenvalue weighted by Gasteiger charge is -2.49. The zero-order valence-electron chi connectivity index (χ0n) is 37.4. The third kappa shape index (κ3) is 9.37. The van der Waals surface area contributed by atoms with Crippen molar-refractivity contribution in [3.8, 4) is 5.75 Å². The van der Waals surface area contributed by atoms with Crippen LogP contribution in [0.2, 0.25) is 0 Å². The first-order chi connectivity index (χ1) is 31.6. The van der Waals surface area contributed by atoms with Gasteiger partial charge < -0.3 is 44.9 Å². The quantitative estimate of drug-likeness (QED) is 0.0979. The Labute approximate surface area is 383 Å². The van der Waals surface area contributed by atoms with Gasteiger partial charge in [0, 0.05) is 24.0 Å². The molecule has 66 heavy (non-hydrogen) atoms. The number of esters is 2. The summed E-state index contributed by atoms with van der Waals surface area (Å²) in [5.74, 6) is -4.07. The van der Waals surface area contributed by atoms with Crippen molar-refractivity contribution in [3.63, 3.8) is 0 Å². The van der Waals surface area contributed by atoms with Crippen molar-refractivity contribution < 1.29 is 58.3 Å². The maximum atomic E-state index is 15.3. The number of aromatic hydroxyl groups is 1. The molecule has 3 heterocycles. The monoisotopic (exact) mass is 903 g/mol. The van der Waals surface area contributed by atoms with Gasteiger partial charge in [-0.3, -0.25) is 24.0 Å². The van der Waals surface area contributed by atoms with Crippen molar-refractivity contribution >= 4 is 29.8 Å². The number of carbonyl (C=O) groups excluding carboxylic acids is 4. The van der Waals surface area contributed by atoms with Crippen LogP contribution in [0.3, 0.4) is 0 Å². The molecule has 2 bridgehead atoms. The van der Waals surface area contributed by atoms with Crippen LogP contribution in [0.1, 0.15) is 74.8 Å². The number of nitrogens with one attached hydrogen (secondary N) is 2. The summed E-state index contributed by atoms with van der Waals surface area (Å²) < 4.78 is 25.6. The van der Waals surface area contributed by atoms with Gasteiger partial charge in [0.25, 0.3) is 0 Å². The van der Waals surface area contributed by atoms with Crippen LogP contribution in [-0.2, 0) is 61.7 Å². The largest absolute Gasteiger partial charge is 0.508 e. The first kappa shape index (κ1) is 46.6. The number of hydrogen-bond donors (Lipinski definition) is 5. The van der Waals surface area contributed by atoms with E-state index in [2.05, 4.69) is 10.6 Å². The molecular weight excluding hydrogens is 847 g/mol. The topological polar surface area (TPSA) is 202 Å². The molecule has 0 unspecified atom stereocenters. The number of rotatable bonds is 16. The highest BCUT2D eigenvalue weighted by Gasteiger charge is 2.76. The average molecular weight is 904 g/mol. The van der Waals surface area contributed by atoms with Gasteiger partial charge in [0.15, 0.2) is 6.04 Å². The van der Waals surface area contributed by atoms with Crippen LogP contribution in [0.25, 0.3) is 6.08 Å². The molecule has 4 aromatic rings. The number of para-hydroxylation sites is 1. The molecule has 1 saturated carbocycles. The number of phenols is 1. The summed E-state index contributed by atoms with van der Waals surface area (Å²) in [7, 11) is 0. The van der Waals surface area contributed by atoms with Crippen LogP contribution >= 0.6 is 0 Å². The summed E-state index contributed by atoms with van der Waals surface area (Å²) in [6.45, 7) is 6.06. The van der Waals surface area contributed by atoms with Gasteiger partial charge in [0.05, 0.1) is 25.3 Å². The van der Waals surface area contributed by atoms with Gasteiger partial charge in [-0.15, -0.1) is 0 Å². The zero-order chi connectivity index (χ0) is 46.8. The van der Waals surface area contributed by atoms with Gasteiger partial charge in [0.2, 0.25) is 17.6 Å². The van der Waals surface area contributed by atoms with Crippen molar-refractivity contribution in [2.24, 2.45) is 5.41 Å². The normalized spacial score (nSPS) is 25.6. The highest BCUT2D eigenvalue weighted by Crippen LogP contribution is 2.59. The van der Waals surface area contributed by atoms with Crippen molar-refractivity contribution in [2.45, 2.75) is 120 Å². The number of ether oxygens (including phenoxy) is 4. The summed E-state index contributed by atoms with van der Waals surface area (Å²) in [6, 6.07) is 29.7. The maximum absolute atomic E-state index is 15.3. The molecule has 0 radical (unpaired) electrons. The van der Waals surface area contributed by atoms with E-state index in [-0.39, 0.29) is 31.6 Å². The maximum Gasteiger partial charge on any atom is 0.327 e. The third-order valence-corrected chi connectivity index (χ3v) is 12.6. The number of hydroxylamine groups is 2. The van der Waals surface area contributed by atoms with E-state index in [1.54, 1.807) is 32.9 Å². The lowest BCUT2D eigenvalue weighted by atomic mass is 9.62. The molecule has 4 aromatic carbocycles. The van der Waals surface area contributed by atoms with Crippen LogP contribution in [0.5, 0.6) is 5.75 Å². The van der Waals surface area contributed by atoms with E-state index >= 15 is 4.79 Å². The van der Waals surface area contributed by atoms with E-state index in [1.165, 1.54) is 12.0 Å². The fourth-order valence-electron chi connectivity index (χ4n) is 9.47. The van der Waals surface area contributed by atoms with Crippen LogP contribution in [0, 0.1) is 5.41 Å². The smallest absolute Gasteiger partial charge is 0.327 e. The number of aliphatic hydroxyl groups excluding tert-OH is 2. The molecule has 3 aliphatic heterocycles.